The van der Waals surface area contributed by atoms with Crippen LogP contribution in [0.4, 0.5) is 5.69 Å². The Hall–Kier alpha value is -2.40. The summed E-state index contributed by atoms with van der Waals surface area (Å²) in [5.74, 6) is 0.578. The SMILES string of the molecule is Cn1cc(C2CC2C(=O)N(Cc2ccsc2)c2ccccc2)cn1. The first-order valence-corrected chi connectivity index (χ1v) is 9.02. The van der Waals surface area contributed by atoms with Crippen LogP contribution in [0.5, 0.6) is 0 Å². The molecule has 2 aromatic heterocycles. The van der Waals surface area contributed by atoms with E-state index >= 15 is 0 Å². The number of benzene rings is 1. The first-order chi connectivity index (χ1) is 11.7. The quantitative estimate of drug-likeness (QED) is 0.710. The molecule has 2 heterocycles. The predicted octanol–water partition coefficient (Wildman–Crippen LogP) is 3.82. The second kappa shape index (κ2) is 6.24. The second-order valence-corrected chi connectivity index (χ2v) is 7.07. The number of aryl methyl sites for hydroxylation is 1. The zero-order chi connectivity index (χ0) is 16.5. The van der Waals surface area contributed by atoms with Gasteiger partial charge in [0.15, 0.2) is 0 Å². The Labute approximate surface area is 145 Å². The molecule has 1 aromatic carbocycles. The summed E-state index contributed by atoms with van der Waals surface area (Å²) in [5, 5.41) is 8.39. The van der Waals surface area contributed by atoms with Gasteiger partial charge < -0.3 is 4.90 Å². The largest absolute Gasteiger partial charge is 0.308 e. The number of nitrogens with zero attached hydrogens (tertiary/aromatic N) is 3. The maximum atomic E-state index is 13.1. The highest BCUT2D eigenvalue weighted by molar-refractivity contribution is 7.07. The Bertz CT molecular complexity index is 825. The zero-order valence-corrected chi connectivity index (χ0v) is 14.3. The predicted molar refractivity (Wildman–Crippen MR) is 96.0 cm³/mol. The van der Waals surface area contributed by atoms with Gasteiger partial charge in [0.1, 0.15) is 0 Å². The van der Waals surface area contributed by atoms with E-state index in [-0.39, 0.29) is 11.8 Å². The van der Waals surface area contributed by atoms with Crippen LogP contribution in [0.3, 0.4) is 0 Å². The highest BCUT2D eigenvalue weighted by atomic mass is 32.1. The molecule has 0 saturated heterocycles. The molecule has 3 aromatic rings. The highest BCUT2D eigenvalue weighted by Crippen LogP contribution is 2.48. The molecule has 4 nitrogen and oxygen atoms in total. The van der Waals surface area contributed by atoms with Gasteiger partial charge >= 0.3 is 0 Å². The number of carbonyl (C=O) groups is 1. The fourth-order valence-corrected chi connectivity index (χ4v) is 3.80. The number of rotatable bonds is 5. The maximum absolute atomic E-state index is 13.1. The molecule has 5 heteroatoms. The third-order valence-corrected chi connectivity index (χ3v) is 5.25. The maximum Gasteiger partial charge on any atom is 0.231 e. The van der Waals surface area contributed by atoms with Crippen LogP contribution >= 0.6 is 11.3 Å². The van der Waals surface area contributed by atoms with Crippen molar-refractivity contribution in [2.75, 3.05) is 4.90 Å². The normalized spacial score (nSPS) is 19.2. The number of para-hydroxylation sites is 1. The molecule has 1 aliphatic rings. The Morgan fingerprint density at radius 2 is 2.17 bits per heavy atom. The van der Waals surface area contributed by atoms with Crippen molar-refractivity contribution in [1.82, 2.24) is 9.78 Å². The van der Waals surface area contributed by atoms with Crippen LogP contribution in [-0.2, 0) is 18.4 Å². The summed E-state index contributed by atoms with van der Waals surface area (Å²) in [4.78, 5) is 15.0. The average Bonchev–Trinajstić information content (AvgIpc) is 3.00. The van der Waals surface area contributed by atoms with Crippen molar-refractivity contribution in [3.05, 3.63) is 70.7 Å². The Balaban J connectivity index is 1.56. The number of thiophene rings is 1. The van der Waals surface area contributed by atoms with Gasteiger partial charge in [-0.25, -0.2) is 0 Å². The average molecular weight is 337 g/mol. The summed E-state index contributed by atoms with van der Waals surface area (Å²) >= 11 is 1.66. The van der Waals surface area contributed by atoms with Gasteiger partial charge in [0, 0.05) is 24.8 Å². The standard InChI is InChI=1S/C19H19N3OS/c1-21-12-15(10-20-21)17-9-18(17)19(23)22(11-14-7-8-24-13-14)16-5-3-2-4-6-16/h2-8,10,12-13,17-18H,9,11H2,1H3. The molecule has 4 rings (SSSR count). The van der Waals surface area contributed by atoms with Crippen molar-refractivity contribution < 1.29 is 4.79 Å². The number of aromatic nitrogens is 2. The van der Waals surface area contributed by atoms with E-state index < -0.39 is 0 Å². The molecule has 1 amide bonds. The van der Waals surface area contributed by atoms with E-state index in [1.54, 1.807) is 16.0 Å². The van der Waals surface area contributed by atoms with Crippen LogP contribution in [-0.4, -0.2) is 15.7 Å². The van der Waals surface area contributed by atoms with Crippen molar-refractivity contribution in [2.45, 2.75) is 18.9 Å². The van der Waals surface area contributed by atoms with E-state index in [9.17, 15) is 4.79 Å². The monoisotopic (exact) mass is 337 g/mol. The topological polar surface area (TPSA) is 38.1 Å². The van der Waals surface area contributed by atoms with Gasteiger partial charge in [-0.15, -0.1) is 0 Å². The summed E-state index contributed by atoms with van der Waals surface area (Å²) in [6.07, 6.45) is 4.81. The molecule has 0 aliphatic heterocycles. The van der Waals surface area contributed by atoms with Crippen LogP contribution in [0, 0.1) is 5.92 Å². The molecule has 2 unspecified atom stereocenters. The van der Waals surface area contributed by atoms with Crippen LogP contribution < -0.4 is 4.90 Å². The van der Waals surface area contributed by atoms with E-state index in [4.69, 9.17) is 0 Å². The summed E-state index contributed by atoms with van der Waals surface area (Å²) in [6.45, 7) is 0.628. The Morgan fingerprint density at radius 1 is 1.33 bits per heavy atom. The lowest BCUT2D eigenvalue weighted by molar-refractivity contribution is -0.120. The second-order valence-electron chi connectivity index (χ2n) is 6.29. The van der Waals surface area contributed by atoms with E-state index in [0.29, 0.717) is 12.5 Å². The molecule has 24 heavy (non-hydrogen) atoms. The summed E-state index contributed by atoms with van der Waals surface area (Å²) in [5.41, 5.74) is 3.31. The summed E-state index contributed by atoms with van der Waals surface area (Å²) < 4.78 is 1.80. The summed E-state index contributed by atoms with van der Waals surface area (Å²) in [7, 11) is 1.91. The molecule has 122 valence electrons. The number of carbonyl (C=O) groups excluding carboxylic acids is 1. The molecule has 2 atom stereocenters. The molecular weight excluding hydrogens is 318 g/mol. The third kappa shape index (κ3) is 2.99. The lowest BCUT2D eigenvalue weighted by Gasteiger charge is -2.23. The van der Waals surface area contributed by atoms with Gasteiger partial charge in [-0.3, -0.25) is 9.48 Å². The van der Waals surface area contributed by atoms with Gasteiger partial charge in [0.05, 0.1) is 12.7 Å². The lowest BCUT2D eigenvalue weighted by Crippen LogP contribution is -2.31. The third-order valence-electron chi connectivity index (χ3n) is 4.52. The molecule has 0 radical (unpaired) electrons. The van der Waals surface area contributed by atoms with Gasteiger partial charge in [0.25, 0.3) is 0 Å². The molecule has 0 bridgehead atoms. The van der Waals surface area contributed by atoms with E-state index in [2.05, 4.69) is 21.9 Å². The van der Waals surface area contributed by atoms with Gasteiger partial charge in [-0.2, -0.15) is 16.4 Å². The zero-order valence-electron chi connectivity index (χ0n) is 13.5. The Morgan fingerprint density at radius 3 is 2.83 bits per heavy atom. The number of hydrogen-bond donors (Lipinski definition) is 0. The van der Waals surface area contributed by atoms with Crippen molar-refractivity contribution in [3.63, 3.8) is 0 Å². The molecule has 1 aliphatic carbocycles. The van der Waals surface area contributed by atoms with Crippen LogP contribution in [0.2, 0.25) is 0 Å². The van der Waals surface area contributed by atoms with Crippen LogP contribution in [0.25, 0.3) is 0 Å². The first-order valence-electron chi connectivity index (χ1n) is 8.08. The molecule has 0 N–H and O–H groups in total. The summed E-state index contributed by atoms with van der Waals surface area (Å²) in [6, 6.07) is 12.0. The minimum absolute atomic E-state index is 0.0630. The van der Waals surface area contributed by atoms with Gasteiger partial charge in [0.2, 0.25) is 5.91 Å². The van der Waals surface area contributed by atoms with E-state index in [0.717, 1.165) is 12.1 Å². The molecule has 1 saturated carbocycles. The minimum Gasteiger partial charge on any atom is -0.308 e. The van der Waals surface area contributed by atoms with Crippen LogP contribution in [0.1, 0.15) is 23.5 Å². The minimum atomic E-state index is 0.0630. The number of amides is 1. The Kier molecular flexibility index (Phi) is 3.94. The fraction of sp³-hybridized carbons (Fsp3) is 0.263. The first kappa shape index (κ1) is 15.1. The van der Waals surface area contributed by atoms with Crippen molar-refractivity contribution in [1.29, 1.82) is 0 Å². The fourth-order valence-electron chi connectivity index (χ4n) is 3.14. The number of anilines is 1. The molecule has 0 spiro atoms. The van der Waals surface area contributed by atoms with Gasteiger partial charge in [-0.05, 0) is 52.4 Å². The molecular formula is C19H19N3OS. The lowest BCUT2D eigenvalue weighted by atomic mass is 10.1. The number of hydrogen-bond acceptors (Lipinski definition) is 3. The highest BCUT2D eigenvalue weighted by Gasteiger charge is 2.46. The van der Waals surface area contributed by atoms with Crippen molar-refractivity contribution in [3.8, 4) is 0 Å². The van der Waals surface area contributed by atoms with E-state index in [1.165, 1.54) is 11.1 Å². The van der Waals surface area contributed by atoms with E-state index in [1.807, 2.05) is 54.7 Å². The molecule has 1 fully saturated rings. The van der Waals surface area contributed by atoms with Crippen LogP contribution in [0.15, 0.2) is 59.6 Å². The van der Waals surface area contributed by atoms with Crippen molar-refractivity contribution >= 4 is 22.9 Å². The smallest absolute Gasteiger partial charge is 0.231 e. The van der Waals surface area contributed by atoms with Crippen molar-refractivity contribution in [2.24, 2.45) is 13.0 Å². The van der Waals surface area contributed by atoms with Gasteiger partial charge in [-0.1, -0.05) is 18.2 Å².